The molecule has 0 spiro atoms. The number of carbonyl (C=O) groups excluding carboxylic acids is 1. The summed E-state index contributed by atoms with van der Waals surface area (Å²) >= 11 is 3.56. The number of halogens is 1. The average Bonchev–Trinajstić information content (AvgIpc) is 2.97. The largest absolute Gasteiger partial charge is 0.342 e. The highest BCUT2D eigenvalue weighted by atomic mass is 79.9. The molecular weight excluding hydrogens is 242 g/mol. The van der Waals surface area contributed by atoms with Crippen molar-refractivity contribution in [3.63, 3.8) is 0 Å². The number of hydrogen-bond acceptors (Lipinski definition) is 1. The zero-order valence-electron chi connectivity index (χ0n) is 8.60. The van der Waals surface area contributed by atoms with Crippen LogP contribution in [0.1, 0.15) is 38.5 Å². The van der Waals surface area contributed by atoms with E-state index in [0.29, 0.717) is 11.3 Å². The summed E-state index contributed by atoms with van der Waals surface area (Å²) in [4.78, 5) is 13.8. The third-order valence-corrected chi connectivity index (χ3v) is 4.63. The molecule has 3 heteroatoms. The highest BCUT2D eigenvalue weighted by Gasteiger charge is 2.43. The van der Waals surface area contributed by atoms with Gasteiger partial charge in [-0.15, -0.1) is 0 Å². The van der Waals surface area contributed by atoms with Crippen LogP contribution in [0.2, 0.25) is 0 Å². The topological polar surface area (TPSA) is 20.3 Å². The molecule has 2 rings (SSSR count). The Morgan fingerprint density at radius 2 is 2.07 bits per heavy atom. The molecule has 2 aliphatic rings. The van der Waals surface area contributed by atoms with Crippen LogP contribution >= 0.6 is 15.9 Å². The van der Waals surface area contributed by atoms with Crippen LogP contribution < -0.4 is 0 Å². The number of likely N-dealkylation sites (tertiary alicyclic amines) is 1. The van der Waals surface area contributed by atoms with E-state index >= 15 is 0 Å². The van der Waals surface area contributed by atoms with Crippen LogP contribution in [-0.2, 0) is 4.79 Å². The fraction of sp³-hybridized carbons (Fsp3) is 0.909. The summed E-state index contributed by atoms with van der Waals surface area (Å²) in [7, 11) is 0. The third kappa shape index (κ3) is 2.30. The van der Waals surface area contributed by atoms with E-state index in [1.54, 1.807) is 0 Å². The van der Waals surface area contributed by atoms with Crippen molar-refractivity contribution >= 4 is 21.8 Å². The van der Waals surface area contributed by atoms with Crippen molar-refractivity contribution in [3.8, 4) is 0 Å². The van der Waals surface area contributed by atoms with Gasteiger partial charge in [-0.2, -0.15) is 0 Å². The molecule has 2 fully saturated rings. The zero-order chi connectivity index (χ0) is 10.0. The van der Waals surface area contributed by atoms with Crippen molar-refractivity contribution in [1.82, 2.24) is 4.90 Å². The molecule has 0 N–H and O–H groups in total. The van der Waals surface area contributed by atoms with Gasteiger partial charge in [0.05, 0.1) is 0 Å². The van der Waals surface area contributed by atoms with Gasteiger partial charge in [-0.25, -0.2) is 0 Å². The lowest BCUT2D eigenvalue weighted by Gasteiger charge is -2.25. The minimum Gasteiger partial charge on any atom is -0.342 e. The number of hydrogen-bond donors (Lipinski definition) is 0. The fourth-order valence-corrected chi connectivity index (χ4v) is 2.86. The lowest BCUT2D eigenvalue weighted by Crippen LogP contribution is -2.36. The first-order chi connectivity index (χ1) is 6.76. The smallest absolute Gasteiger partial charge is 0.222 e. The van der Waals surface area contributed by atoms with E-state index in [4.69, 9.17) is 0 Å². The molecular formula is C11H18BrNO. The normalized spacial score (nSPS) is 26.1. The zero-order valence-corrected chi connectivity index (χ0v) is 10.2. The maximum Gasteiger partial charge on any atom is 0.222 e. The standard InChI is InChI=1S/C11H18BrNO/c12-8-11(5-6-11)9-13-7-3-1-2-4-10(13)14/h1-9H2. The van der Waals surface area contributed by atoms with Crippen molar-refractivity contribution in [1.29, 1.82) is 0 Å². The maximum atomic E-state index is 11.7. The molecule has 0 bridgehead atoms. The van der Waals surface area contributed by atoms with Crippen molar-refractivity contribution in [3.05, 3.63) is 0 Å². The van der Waals surface area contributed by atoms with Gasteiger partial charge in [0.1, 0.15) is 0 Å². The number of nitrogens with zero attached hydrogens (tertiary/aromatic N) is 1. The first-order valence-electron chi connectivity index (χ1n) is 5.60. The Morgan fingerprint density at radius 3 is 2.71 bits per heavy atom. The molecule has 1 amide bonds. The van der Waals surface area contributed by atoms with E-state index in [-0.39, 0.29) is 0 Å². The van der Waals surface area contributed by atoms with Gasteiger partial charge in [-0.3, -0.25) is 4.79 Å². The van der Waals surface area contributed by atoms with E-state index < -0.39 is 0 Å². The van der Waals surface area contributed by atoms with Crippen molar-refractivity contribution in [2.24, 2.45) is 5.41 Å². The third-order valence-electron chi connectivity index (χ3n) is 3.44. The van der Waals surface area contributed by atoms with Gasteiger partial charge in [0.15, 0.2) is 0 Å². The Morgan fingerprint density at radius 1 is 1.29 bits per heavy atom. The van der Waals surface area contributed by atoms with Crippen LogP contribution in [0.25, 0.3) is 0 Å². The molecule has 1 heterocycles. The summed E-state index contributed by atoms with van der Waals surface area (Å²) in [5.41, 5.74) is 0.444. The van der Waals surface area contributed by atoms with Gasteiger partial charge in [0, 0.05) is 24.8 Å². The quantitative estimate of drug-likeness (QED) is 0.714. The van der Waals surface area contributed by atoms with Gasteiger partial charge in [-0.1, -0.05) is 22.4 Å². The van der Waals surface area contributed by atoms with E-state index in [1.807, 2.05) is 0 Å². The van der Waals surface area contributed by atoms with Crippen molar-refractivity contribution in [2.45, 2.75) is 38.5 Å². The number of alkyl halides is 1. The monoisotopic (exact) mass is 259 g/mol. The molecule has 1 aliphatic heterocycles. The van der Waals surface area contributed by atoms with Gasteiger partial charge in [0.25, 0.3) is 0 Å². The lowest BCUT2D eigenvalue weighted by molar-refractivity contribution is -0.131. The van der Waals surface area contributed by atoms with E-state index in [2.05, 4.69) is 20.8 Å². The molecule has 14 heavy (non-hydrogen) atoms. The molecule has 2 nitrogen and oxygen atoms in total. The highest BCUT2D eigenvalue weighted by Crippen LogP contribution is 2.47. The van der Waals surface area contributed by atoms with Crippen LogP contribution in [0, 0.1) is 5.41 Å². The van der Waals surface area contributed by atoms with Gasteiger partial charge < -0.3 is 4.90 Å². The van der Waals surface area contributed by atoms with Crippen LogP contribution in [0.15, 0.2) is 0 Å². The number of rotatable bonds is 3. The minimum atomic E-state index is 0.384. The second kappa shape index (κ2) is 4.21. The molecule has 1 saturated heterocycles. The van der Waals surface area contributed by atoms with Crippen molar-refractivity contribution in [2.75, 3.05) is 18.4 Å². The molecule has 1 saturated carbocycles. The Kier molecular flexibility index (Phi) is 3.15. The molecule has 0 radical (unpaired) electrons. The Balaban J connectivity index is 1.91. The molecule has 0 aromatic rings. The van der Waals surface area contributed by atoms with Crippen molar-refractivity contribution < 1.29 is 4.79 Å². The predicted molar refractivity (Wildman–Crippen MR) is 60.5 cm³/mol. The number of amides is 1. The van der Waals surface area contributed by atoms with E-state index in [9.17, 15) is 4.79 Å². The molecule has 0 aromatic carbocycles. The Labute approximate surface area is 94.2 Å². The Hall–Kier alpha value is -0.0500. The maximum absolute atomic E-state index is 11.7. The summed E-state index contributed by atoms with van der Waals surface area (Å²) in [6.45, 7) is 1.99. The summed E-state index contributed by atoms with van der Waals surface area (Å²) in [6, 6.07) is 0. The van der Waals surface area contributed by atoms with Gasteiger partial charge >= 0.3 is 0 Å². The van der Waals surface area contributed by atoms with E-state index in [1.165, 1.54) is 25.7 Å². The second-order valence-electron chi connectivity index (χ2n) is 4.76. The Bertz CT molecular complexity index is 225. The molecule has 1 aliphatic carbocycles. The molecule has 0 unspecified atom stereocenters. The summed E-state index contributed by atoms with van der Waals surface area (Å²) in [5.74, 6) is 0.384. The SMILES string of the molecule is O=C1CCCCCN1CC1(CBr)CC1. The van der Waals surface area contributed by atoms with Gasteiger partial charge in [-0.05, 0) is 31.1 Å². The fourth-order valence-electron chi connectivity index (χ4n) is 2.12. The molecule has 0 atom stereocenters. The van der Waals surface area contributed by atoms with Crippen LogP contribution in [0.3, 0.4) is 0 Å². The number of carbonyl (C=O) groups is 1. The van der Waals surface area contributed by atoms with E-state index in [0.717, 1.165) is 31.3 Å². The molecule has 80 valence electrons. The van der Waals surface area contributed by atoms with Crippen LogP contribution in [0.4, 0.5) is 0 Å². The summed E-state index contributed by atoms with van der Waals surface area (Å²) in [6.07, 6.45) is 6.88. The average molecular weight is 260 g/mol. The second-order valence-corrected chi connectivity index (χ2v) is 5.32. The highest BCUT2D eigenvalue weighted by molar-refractivity contribution is 9.09. The lowest BCUT2D eigenvalue weighted by atomic mass is 10.1. The minimum absolute atomic E-state index is 0.384. The summed E-state index contributed by atoms with van der Waals surface area (Å²) in [5, 5.41) is 1.06. The van der Waals surface area contributed by atoms with Crippen LogP contribution in [0.5, 0.6) is 0 Å². The van der Waals surface area contributed by atoms with Crippen LogP contribution in [-0.4, -0.2) is 29.2 Å². The predicted octanol–water partition coefficient (Wildman–Crippen LogP) is 2.56. The first-order valence-corrected chi connectivity index (χ1v) is 6.72. The molecule has 0 aromatic heterocycles. The summed E-state index contributed by atoms with van der Waals surface area (Å²) < 4.78 is 0. The first kappa shape index (κ1) is 10.5. The van der Waals surface area contributed by atoms with Gasteiger partial charge in [0.2, 0.25) is 5.91 Å².